The van der Waals surface area contributed by atoms with Crippen molar-refractivity contribution in [3.63, 3.8) is 0 Å². The molecule has 7 heteroatoms. The molecule has 2 N–H and O–H groups in total. The monoisotopic (exact) mass is 373 g/mol. The molecule has 132 valence electrons. The Kier molecular flexibility index (Phi) is 5.14. The number of halogens is 3. The van der Waals surface area contributed by atoms with Crippen LogP contribution in [0.15, 0.2) is 54.9 Å². The molecule has 2 aromatic carbocycles. The number of nitrogens with zero attached hydrogens (tertiary/aromatic N) is 1. The summed E-state index contributed by atoms with van der Waals surface area (Å²) >= 11 is 5.99. The molecule has 0 aliphatic rings. The van der Waals surface area contributed by atoms with Crippen LogP contribution in [0.1, 0.15) is 15.9 Å². The van der Waals surface area contributed by atoms with Crippen molar-refractivity contribution in [3.05, 3.63) is 82.6 Å². The standard InChI is InChI=1S/C19H14ClF2N3O/c1-11-5-6-13(20)8-17(11)24-14-7-12(9-23-10-14)19(26)25-18-15(21)3-2-4-16(18)22/h2-10,24H,1H3,(H,25,26). The van der Waals surface area contributed by atoms with E-state index >= 15 is 0 Å². The van der Waals surface area contributed by atoms with Crippen LogP contribution in [0, 0.1) is 18.6 Å². The fourth-order valence-corrected chi connectivity index (χ4v) is 2.49. The fraction of sp³-hybridized carbons (Fsp3) is 0.0526. The number of carbonyl (C=O) groups excluding carboxylic acids is 1. The zero-order valence-corrected chi connectivity index (χ0v) is 14.4. The Balaban J connectivity index is 1.83. The molecule has 3 aromatic rings. The van der Waals surface area contributed by atoms with Crippen LogP contribution in [-0.4, -0.2) is 10.9 Å². The van der Waals surface area contributed by atoms with Crippen molar-refractivity contribution in [2.24, 2.45) is 0 Å². The van der Waals surface area contributed by atoms with Gasteiger partial charge in [0, 0.05) is 16.9 Å². The Morgan fingerprint density at radius 1 is 1.08 bits per heavy atom. The van der Waals surface area contributed by atoms with E-state index in [-0.39, 0.29) is 5.56 Å². The third-order valence-corrected chi connectivity index (χ3v) is 3.92. The Hall–Kier alpha value is -2.99. The zero-order valence-electron chi connectivity index (χ0n) is 13.7. The summed E-state index contributed by atoms with van der Waals surface area (Å²) in [6.07, 6.45) is 2.84. The molecule has 0 radical (unpaired) electrons. The summed E-state index contributed by atoms with van der Waals surface area (Å²) in [4.78, 5) is 16.3. The van der Waals surface area contributed by atoms with Crippen LogP contribution >= 0.6 is 11.6 Å². The Morgan fingerprint density at radius 2 is 1.81 bits per heavy atom. The molecule has 0 aliphatic heterocycles. The predicted molar refractivity (Wildman–Crippen MR) is 98.0 cm³/mol. The van der Waals surface area contributed by atoms with E-state index in [4.69, 9.17) is 11.6 Å². The number of rotatable bonds is 4. The summed E-state index contributed by atoms with van der Waals surface area (Å²) in [7, 11) is 0. The van der Waals surface area contributed by atoms with E-state index < -0.39 is 23.2 Å². The highest BCUT2D eigenvalue weighted by atomic mass is 35.5. The van der Waals surface area contributed by atoms with Crippen molar-refractivity contribution in [2.45, 2.75) is 6.92 Å². The first-order chi connectivity index (χ1) is 12.4. The average molecular weight is 374 g/mol. The zero-order chi connectivity index (χ0) is 18.7. The first-order valence-electron chi connectivity index (χ1n) is 7.67. The molecule has 0 saturated heterocycles. The SMILES string of the molecule is Cc1ccc(Cl)cc1Nc1cncc(C(=O)Nc2c(F)cccc2F)c1. The molecular weight excluding hydrogens is 360 g/mol. The third-order valence-electron chi connectivity index (χ3n) is 3.68. The lowest BCUT2D eigenvalue weighted by atomic mass is 10.2. The van der Waals surface area contributed by atoms with Gasteiger partial charge in [-0.3, -0.25) is 9.78 Å². The second kappa shape index (κ2) is 7.49. The van der Waals surface area contributed by atoms with Gasteiger partial charge in [-0.05, 0) is 42.8 Å². The number of amides is 1. The summed E-state index contributed by atoms with van der Waals surface area (Å²) < 4.78 is 27.4. The van der Waals surface area contributed by atoms with Crippen molar-refractivity contribution in [1.29, 1.82) is 0 Å². The van der Waals surface area contributed by atoms with Gasteiger partial charge in [0.2, 0.25) is 0 Å². The molecule has 0 bridgehead atoms. The number of anilines is 3. The number of benzene rings is 2. The van der Waals surface area contributed by atoms with Gasteiger partial charge in [-0.15, -0.1) is 0 Å². The number of para-hydroxylation sites is 1. The molecule has 0 spiro atoms. The average Bonchev–Trinajstić information content (AvgIpc) is 2.61. The van der Waals surface area contributed by atoms with Gasteiger partial charge in [-0.1, -0.05) is 23.7 Å². The molecule has 4 nitrogen and oxygen atoms in total. The van der Waals surface area contributed by atoms with E-state index in [2.05, 4.69) is 15.6 Å². The lowest BCUT2D eigenvalue weighted by Gasteiger charge is -2.11. The van der Waals surface area contributed by atoms with Gasteiger partial charge in [-0.2, -0.15) is 0 Å². The van der Waals surface area contributed by atoms with Crippen molar-refractivity contribution in [1.82, 2.24) is 4.98 Å². The van der Waals surface area contributed by atoms with Gasteiger partial charge < -0.3 is 10.6 Å². The number of hydrogen-bond donors (Lipinski definition) is 2. The lowest BCUT2D eigenvalue weighted by molar-refractivity contribution is 0.102. The third kappa shape index (κ3) is 3.97. The predicted octanol–water partition coefficient (Wildman–Crippen LogP) is 5.32. The van der Waals surface area contributed by atoms with E-state index in [0.717, 1.165) is 23.4 Å². The van der Waals surface area contributed by atoms with Crippen molar-refractivity contribution >= 4 is 34.6 Å². The van der Waals surface area contributed by atoms with Crippen LogP contribution in [0.5, 0.6) is 0 Å². The number of aryl methyl sites for hydroxylation is 1. The van der Waals surface area contributed by atoms with Crippen LogP contribution in [-0.2, 0) is 0 Å². The van der Waals surface area contributed by atoms with Gasteiger partial charge in [0.1, 0.15) is 17.3 Å². The Labute approximate surface area is 153 Å². The molecule has 0 aliphatic carbocycles. The van der Waals surface area contributed by atoms with Crippen LogP contribution in [0.4, 0.5) is 25.8 Å². The summed E-state index contributed by atoms with van der Waals surface area (Å²) in [5.74, 6) is -2.38. The Morgan fingerprint density at radius 3 is 2.54 bits per heavy atom. The molecular formula is C19H14ClF2N3O. The first kappa shape index (κ1) is 17.8. The summed E-state index contributed by atoms with van der Waals surface area (Å²) in [5.41, 5.74) is 1.91. The number of nitrogens with one attached hydrogen (secondary N) is 2. The van der Waals surface area contributed by atoms with Gasteiger partial charge in [0.05, 0.1) is 17.4 Å². The molecule has 0 fully saturated rings. The minimum absolute atomic E-state index is 0.150. The van der Waals surface area contributed by atoms with Gasteiger partial charge in [-0.25, -0.2) is 8.78 Å². The second-order valence-electron chi connectivity index (χ2n) is 5.60. The van der Waals surface area contributed by atoms with Crippen molar-refractivity contribution < 1.29 is 13.6 Å². The molecule has 3 rings (SSSR count). The quantitative estimate of drug-likeness (QED) is 0.651. The molecule has 0 unspecified atom stereocenters. The number of carbonyl (C=O) groups is 1. The van der Waals surface area contributed by atoms with Gasteiger partial charge >= 0.3 is 0 Å². The number of pyridine rings is 1. The molecule has 1 amide bonds. The van der Waals surface area contributed by atoms with Crippen LogP contribution < -0.4 is 10.6 Å². The summed E-state index contributed by atoms with van der Waals surface area (Å²) in [6, 6.07) is 10.3. The molecule has 1 heterocycles. The fourth-order valence-electron chi connectivity index (χ4n) is 2.32. The van der Waals surface area contributed by atoms with Crippen LogP contribution in [0.2, 0.25) is 5.02 Å². The van der Waals surface area contributed by atoms with E-state index in [1.807, 2.05) is 13.0 Å². The van der Waals surface area contributed by atoms with E-state index in [0.29, 0.717) is 10.7 Å². The smallest absolute Gasteiger partial charge is 0.257 e. The van der Waals surface area contributed by atoms with Gasteiger partial charge in [0.25, 0.3) is 5.91 Å². The van der Waals surface area contributed by atoms with E-state index in [1.54, 1.807) is 12.1 Å². The molecule has 26 heavy (non-hydrogen) atoms. The highest BCUT2D eigenvalue weighted by Gasteiger charge is 2.14. The topological polar surface area (TPSA) is 54.0 Å². The normalized spacial score (nSPS) is 10.5. The van der Waals surface area contributed by atoms with Crippen molar-refractivity contribution in [2.75, 3.05) is 10.6 Å². The number of aromatic nitrogens is 1. The second-order valence-corrected chi connectivity index (χ2v) is 6.03. The molecule has 1 aromatic heterocycles. The van der Waals surface area contributed by atoms with Crippen LogP contribution in [0.25, 0.3) is 0 Å². The largest absolute Gasteiger partial charge is 0.354 e. The van der Waals surface area contributed by atoms with E-state index in [1.165, 1.54) is 24.5 Å². The Bertz CT molecular complexity index is 958. The lowest BCUT2D eigenvalue weighted by Crippen LogP contribution is -2.14. The maximum absolute atomic E-state index is 13.7. The van der Waals surface area contributed by atoms with E-state index in [9.17, 15) is 13.6 Å². The summed E-state index contributed by atoms with van der Waals surface area (Å²) in [6.45, 7) is 1.91. The highest BCUT2D eigenvalue weighted by molar-refractivity contribution is 6.30. The molecule has 0 saturated carbocycles. The highest BCUT2D eigenvalue weighted by Crippen LogP contribution is 2.25. The maximum atomic E-state index is 13.7. The van der Waals surface area contributed by atoms with Gasteiger partial charge in [0.15, 0.2) is 0 Å². The first-order valence-corrected chi connectivity index (χ1v) is 8.05. The maximum Gasteiger partial charge on any atom is 0.257 e. The number of hydrogen-bond acceptors (Lipinski definition) is 3. The summed E-state index contributed by atoms with van der Waals surface area (Å²) in [5, 5.41) is 5.91. The van der Waals surface area contributed by atoms with Crippen LogP contribution in [0.3, 0.4) is 0 Å². The minimum atomic E-state index is -0.852. The minimum Gasteiger partial charge on any atom is -0.354 e. The molecule has 0 atom stereocenters. The van der Waals surface area contributed by atoms with Crippen molar-refractivity contribution in [3.8, 4) is 0 Å².